The number of nitrogens with two attached hydrogens (primary N) is 1. The zero-order valence-corrected chi connectivity index (χ0v) is 15.1. The first-order chi connectivity index (χ1) is 12.0. The molecule has 25 heavy (non-hydrogen) atoms. The first-order valence-electron chi connectivity index (χ1n) is 8.64. The second kappa shape index (κ2) is 9.18. The van der Waals surface area contributed by atoms with Crippen LogP contribution in [-0.2, 0) is 11.4 Å². The fourth-order valence-corrected chi connectivity index (χ4v) is 2.53. The van der Waals surface area contributed by atoms with Crippen LogP contribution in [-0.4, -0.2) is 16.9 Å². The molecule has 1 heterocycles. The molecule has 134 valence electrons. The van der Waals surface area contributed by atoms with Crippen molar-refractivity contribution in [3.63, 3.8) is 0 Å². The van der Waals surface area contributed by atoms with Gasteiger partial charge in [0.1, 0.15) is 12.4 Å². The number of aromatic nitrogens is 1. The average Bonchev–Trinajstić information content (AvgIpc) is 2.60. The summed E-state index contributed by atoms with van der Waals surface area (Å²) in [4.78, 5) is 16.4. The minimum absolute atomic E-state index is 0.124. The molecule has 0 radical (unpaired) electrons. The second-order valence-electron chi connectivity index (χ2n) is 6.65. The number of benzene rings is 1. The molecule has 0 saturated heterocycles. The van der Waals surface area contributed by atoms with Crippen LogP contribution in [0.15, 0.2) is 48.7 Å². The standard InChI is InChI=1S/C20H27N3O2/c1-14(2)11-19(21)20(24)23-15(3)16-7-6-9-18(12-16)25-13-17-8-4-5-10-22-17/h4-10,12,14-15,19H,11,13,21H2,1-3H3,(H,23,24)/t15?,19-/m0/s1. The van der Waals surface area contributed by atoms with Crippen LogP contribution in [0.4, 0.5) is 0 Å². The van der Waals surface area contributed by atoms with Gasteiger partial charge in [0.15, 0.2) is 0 Å². The lowest BCUT2D eigenvalue weighted by Gasteiger charge is -2.19. The highest BCUT2D eigenvalue weighted by Crippen LogP contribution is 2.20. The number of amides is 1. The van der Waals surface area contributed by atoms with E-state index in [-0.39, 0.29) is 11.9 Å². The number of hydrogen-bond acceptors (Lipinski definition) is 4. The van der Waals surface area contributed by atoms with E-state index in [1.807, 2.05) is 49.4 Å². The van der Waals surface area contributed by atoms with Gasteiger partial charge in [-0.25, -0.2) is 0 Å². The molecule has 0 aliphatic rings. The fraction of sp³-hybridized carbons (Fsp3) is 0.400. The number of ether oxygens (including phenoxy) is 1. The van der Waals surface area contributed by atoms with E-state index in [2.05, 4.69) is 24.1 Å². The van der Waals surface area contributed by atoms with Crippen molar-refractivity contribution in [3.8, 4) is 5.75 Å². The quantitative estimate of drug-likeness (QED) is 0.773. The number of nitrogens with zero attached hydrogens (tertiary/aromatic N) is 1. The average molecular weight is 341 g/mol. The van der Waals surface area contributed by atoms with Gasteiger partial charge in [-0.2, -0.15) is 0 Å². The summed E-state index contributed by atoms with van der Waals surface area (Å²) in [6, 6.07) is 12.8. The SMILES string of the molecule is CC(C)C[C@H](N)C(=O)NC(C)c1cccc(OCc2ccccn2)c1. The summed E-state index contributed by atoms with van der Waals surface area (Å²) in [7, 11) is 0. The smallest absolute Gasteiger partial charge is 0.237 e. The highest BCUT2D eigenvalue weighted by Gasteiger charge is 2.17. The van der Waals surface area contributed by atoms with Crippen LogP contribution in [0.3, 0.4) is 0 Å². The molecule has 1 aromatic heterocycles. The molecule has 0 spiro atoms. The molecule has 1 amide bonds. The molecule has 5 nitrogen and oxygen atoms in total. The van der Waals surface area contributed by atoms with E-state index in [0.717, 1.165) is 17.0 Å². The molecule has 0 aliphatic carbocycles. The van der Waals surface area contributed by atoms with Crippen LogP contribution in [0.2, 0.25) is 0 Å². The Morgan fingerprint density at radius 2 is 2.00 bits per heavy atom. The number of nitrogens with one attached hydrogen (secondary N) is 1. The summed E-state index contributed by atoms with van der Waals surface area (Å²) in [5.74, 6) is 1.01. The van der Waals surface area contributed by atoms with E-state index in [1.165, 1.54) is 0 Å². The Kier molecular flexibility index (Phi) is 6.95. The normalized spacial score (nSPS) is 13.3. The monoisotopic (exact) mass is 341 g/mol. The molecule has 3 N–H and O–H groups in total. The summed E-state index contributed by atoms with van der Waals surface area (Å²) >= 11 is 0. The zero-order chi connectivity index (χ0) is 18.2. The number of pyridine rings is 1. The third-order valence-corrected chi connectivity index (χ3v) is 3.89. The lowest BCUT2D eigenvalue weighted by molar-refractivity contribution is -0.123. The predicted octanol–water partition coefficient (Wildman–Crippen LogP) is 3.21. The van der Waals surface area contributed by atoms with Crippen molar-refractivity contribution in [3.05, 3.63) is 59.9 Å². The lowest BCUT2D eigenvalue weighted by atomic mass is 10.0. The first kappa shape index (κ1) is 18.9. The topological polar surface area (TPSA) is 77.2 Å². The molecule has 1 unspecified atom stereocenters. The lowest BCUT2D eigenvalue weighted by Crippen LogP contribution is -2.42. The van der Waals surface area contributed by atoms with Gasteiger partial charge in [-0.05, 0) is 49.1 Å². The number of rotatable bonds is 8. The van der Waals surface area contributed by atoms with Gasteiger partial charge in [-0.3, -0.25) is 9.78 Å². The molecule has 0 aliphatic heterocycles. The molecule has 5 heteroatoms. The molecule has 1 aromatic carbocycles. The van der Waals surface area contributed by atoms with Crippen molar-refractivity contribution in [2.75, 3.05) is 0 Å². The Morgan fingerprint density at radius 3 is 2.68 bits per heavy atom. The molecule has 0 bridgehead atoms. The van der Waals surface area contributed by atoms with Gasteiger partial charge >= 0.3 is 0 Å². The van der Waals surface area contributed by atoms with E-state index in [1.54, 1.807) is 6.20 Å². The van der Waals surface area contributed by atoms with Crippen molar-refractivity contribution in [1.82, 2.24) is 10.3 Å². The van der Waals surface area contributed by atoms with Crippen LogP contribution >= 0.6 is 0 Å². The van der Waals surface area contributed by atoms with Crippen LogP contribution in [0.5, 0.6) is 5.75 Å². The third-order valence-electron chi connectivity index (χ3n) is 3.89. The summed E-state index contributed by atoms with van der Waals surface area (Å²) in [6.07, 6.45) is 2.42. The van der Waals surface area contributed by atoms with Gasteiger partial charge in [0.05, 0.1) is 17.8 Å². The van der Waals surface area contributed by atoms with Crippen LogP contribution in [0, 0.1) is 5.92 Å². The van der Waals surface area contributed by atoms with E-state index in [4.69, 9.17) is 10.5 Å². The molecule has 2 atom stereocenters. The summed E-state index contributed by atoms with van der Waals surface area (Å²) < 4.78 is 5.79. The Labute approximate surface area is 149 Å². The maximum Gasteiger partial charge on any atom is 0.237 e. The number of carbonyl (C=O) groups is 1. The Bertz CT molecular complexity index is 674. The molecule has 2 rings (SSSR count). The van der Waals surface area contributed by atoms with Gasteiger partial charge in [-0.1, -0.05) is 32.0 Å². The molecule has 0 fully saturated rings. The number of carbonyl (C=O) groups excluding carboxylic acids is 1. The Hall–Kier alpha value is -2.40. The van der Waals surface area contributed by atoms with Gasteiger partial charge in [0.25, 0.3) is 0 Å². The van der Waals surface area contributed by atoms with Gasteiger partial charge in [-0.15, -0.1) is 0 Å². The van der Waals surface area contributed by atoms with Crippen molar-refractivity contribution >= 4 is 5.91 Å². The number of hydrogen-bond donors (Lipinski definition) is 2. The van der Waals surface area contributed by atoms with E-state index in [9.17, 15) is 4.79 Å². The predicted molar refractivity (Wildman–Crippen MR) is 99.0 cm³/mol. The van der Waals surface area contributed by atoms with Crippen molar-refractivity contribution in [1.29, 1.82) is 0 Å². The molecular formula is C20H27N3O2. The van der Waals surface area contributed by atoms with E-state index >= 15 is 0 Å². The second-order valence-corrected chi connectivity index (χ2v) is 6.65. The largest absolute Gasteiger partial charge is 0.487 e. The van der Waals surface area contributed by atoms with E-state index < -0.39 is 6.04 Å². The summed E-state index contributed by atoms with van der Waals surface area (Å²) in [6.45, 7) is 6.46. The highest BCUT2D eigenvalue weighted by atomic mass is 16.5. The van der Waals surface area contributed by atoms with Crippen molar-refractivity contribution in [2.24, 2.45) is 11.7 Å². The maximum absolute atomic E-state index is 12.2. The molecule has 0 saturated carbocycles. The summed E-state index contributed by atoms with van der Waals surface area (Å²) in [5.41, 5.74) is 7.79. The van der Waals surface area contributed by atoms with Gasteiger partial charge in [0, 0.05) is 6.20 Å². The van der Waals surface area contributed by atoms with Crippen molar-refractivity contribution < 1.29 is 9.53 Å². The van der Waals surface area contributed by atoms with Crippen molar-refractivity contribution in [2.45, 2.75) is 45.9 Å². The minimum Gasteiger partial charge on any atom is -0.487 e. The fourth-order valence-electron chi connectivity index (χ4n) is 2.53. The third kappa shape index (κ3) is 6.19. The van der Waals surface area contributed by atoms with Crippen LogP contribution in [0.1, 0.15) is 44.5 Å². The zero-order valence-electron chi connectivity index (χ0n) is 15.1. The summed E-state index contributed by atoms with van der Waals surface area (Å²) in [5, 5.41) is 2.97. The first-order valence-corrected chi connectivity index (χ1v) is 8.64. The molecule has 2 aromatic rings. The van der Waals surface area contributed by atoms with Crippen LogP contribution < -0.4 is 15.8 Å². The van der Waals surface area contributed by atoms with Crippen LogP contribution in [0.25, 0.3) is 0 Å². The van der Waals surface area contributed by atoms with E-state index in [0.29, 0.717) is 18.9 Å². The highest BCUT2D eigenvalue weighted by molar-refractivity contribution is 5.81. The minimum atomic E-state index is -0.481. The maximum atomic E-state index is 12.2. The van der Waals surface area contributed by atoms with Gasteiger partial charge < -0.3 is 15.8 Å². The Balaban J connectivity index is 1.94. The molecular weight excluding hydrogens is 314 g/mol. The van der Waals surface area contributed by atoms with Gasteiger partial charge in [0.2, 0.25) is 5.91 Å². The Morgan fingerprint density at radius 1 is 1.20 bits per heavy atom.